The van der Waals surface area contributed by atoms with Crippen LogP contribution in [0.25, 0.3) is 0 Å². The maximum atomic E-state index is 12.3. The molecule has 1 aromatic rings. The van der Waals surface area contributed by atoms with Gasteiger partial charge in [-0.3, -0.25) is 4.79 Å². The quantitative estimate of drug-likeness (QED) is 0.808. The number of anilines is 1. The van der Waals surface area contributed by atoms with Crippen LogP contribution in [0, 0.1) is 5.41 Å². The van der Waals surface area contributed by atoms with Crippen molar-refractivity contribution in [2.24, 2.45) is 5.41 Å². The minimum atomic E-state index is 0.179. The second-order valence-electron chi connectivity index (χ2n) is 8.35. The number of carbonyl (C=O) groups excluding carboxylic acids is 1. The fourth-order valence-electron chi connectivity index (χ4n) is 4.19. The molecule has 1 aliphatic carbocycles. The van der Waals surface area contributed by atoms with Crippen LogP contribution in [-0.2, 0) is 4.79 Å². The Kier molecular flexibility index (Phi) is 4.43. The molecule has 0 bridgehead atoms. The minimum absolute atomic E-state index is 0.179. The zero-order chi connectivity index (χ0) is 17.4. The first-order chi connectivity index (χ1) is 12.0. The second kappa shape index (κ2) is 6.59. The fourth-order valence-corrected chi connectivity index (χ4v) is 4.19. The highest BCUT2D eigenvalue weighted by molar-refractivity contribution is 5.77. The van der Waals surface area contributed by atoms with Gasteiger partial charge in [-0.1, -0.05) is 0 Å². The molecule has 1 spiro atoms. The standard InChI is InChI=1S/C18H29N5O2/c1-21(2)10-11-22-12-18(8-6-15(22)24)7-3-9-23(13-18)17-19-16(25-20-17)14-4-5-14/h14H,3-13H2,1-2H3. The van der Waals surface area contributed by atoms with Crippen molar-refractivity contribution in [1.82, 2.24) is 19.9 Å². The highest BCUT2D eigenvalue weighted by Crippen LogP contribution is 2.42. The number of carbonyl (C=O) groups is 1. The summed E-state index contributed by atoms with van der Waals surface area (Å²) >= 11 is 0. The molecule has 138 valence electrons. The Labute approximate surface area is 149 Å². The normalized spacial score (nSPS) is 27.6. The molecule has 1 saturated carbocycles. The molecule has 4 rings (SSSR count). The number of hydrogen-bond donors (Lipinski definition) is 0. The molecule has 0 N–H and O–H groups in total. The summed E-state index contributed by atoms with van der Waals surface area (Å²) in [7, 11) is 4.11. The van der Waals surface area contributed by atoms with Gasteiger partial charge in [0, 0.05) is 50.5 Å². The predicted octanol–water partition coefficient (Wildman–Crippen LogP) is 1.72. The van der Waals surface area contributed by atoms with Crippen molar-refractivity contribution in [1.29, 1.82) is 0 Å². The average molecular weight is 347 g/mol. The van der Waals surface area contributed by atoms with E-state index in [-0.39, 0.29) is 5.41 Å². The number of piperidine rings is 2. The molecule has 2 saturated heterocycles. The molecular weight excluding hydrogens is 318 g/mol. The highest BCUT2D eigenvalue weighted by Gasteiger charge is 2.42. The number of hydrogen-bond acceptors (Lipinski definition) is 6. The van der Waals surface area contributed by atoms with Gasteiger partial charge in [-0.2, -0.15) is 4.98 Å². The number of aromatic nitrogens is 2. The van der Waals surface area contributed by atoms with Gasteiger partial charge in [0.05, 0.1) is 0 Å². The predicted molar refractivity (Wildman–Crippen MR) is 94.5 cm³/mol. The zero-order valence-corrected chi connectivity index (χ0v) is 15.4. The van der Waals surface area contributed by atoms with E-state index in [0.29, 0.717) is 18.2 Å². The van der Waals surface area contributed by atoms with E-state index < -0.39 is 0 Å². The van der Waals surface area contributed by atoms with Gasteiger partial charge in [-0.25, -0.2) is 0 Å². The molecule has 7 heteroatoms. The van der Waals surface area contributed by atoms with Crippen molar-refractivity contribution in [3.05, 3.63) is 5.89 Å². The summed E-state index contributed by atoms with van der Waals surface area (Å²) in [5, 5.41) is 4.23. The Bertz CT molecular complexity index is 627. The molecule has 1 aromatic heterocycles. The van der Waals surface area contributed by atoms with Crippen molar-refractivity contribution in [3.63, 3.8) is 0 Å². The van der Waals surface area contributed by atoms with E-state index in [9.17, 15) is 4.79 Å². The van der Waals surface area contributed by atoms with Crippen LogP contribution in [0.15, 0.2) is 4.52 Å². The van der Waals surface area contributed by atoms with Crippen molar-refractivity contribution < 1.29 is 9.32 Å². The molecule has 1 atom stereocenters. The lowest BCUT2D eigenvalue weighted by Gasteiger charge is -2.48. The topological polar surface area (TPSA) is 65.7 Å². The smallest absolute Gasteiger partial charge is 0.266 e. The fraction of sp³-hybridized carbons (Fsp3) is 0.833. The van der Waals surface area contributed by atoms with Crippen LogP contribution in [0.3, 0.4) is 0 Å². The third-order valence-electron chi connectivity index (χ3n) is 5.87. The van der Waals surface area contributed by atoms with Crippen LogP contribution in [0.5, 0.6) is 0 Å². The lowest BCUT2D eigenvalue weighted by molar-refractivity contribution is -0.138. The van der Waals surface area contributed by atoms with Crippen molar-refractivity contribution in [3.8, 4) is 0 Å². The van der Waals surface area contributed by atoms with E-state index in [2.05, 4.69) is 38.9 Å². The maximum absolute atomic E-state index is 12.3. The molecule has 7 nitrogen and oxygen atoms in total. The molecule has 25 heavy (non-hydrogen) atoms. The first kappa shape index (κ1) is 16.8. The Balaban J connectivity index is 1.44. The van der Waals surface area contributed by atoms with Gasteiger partial charge in [-0.15, -0.1) is 0 Å². The summed E-state index contributed by atoms with van der Waals surface area (Å²) in [5.41, 5.74) is 0.179. The minimum Gasteiger partial charge on any atom is -0.341 e. The summed E-state index contributed by atoms with van der Waals surface area (Å²) in [6, 6.07) is 0. The molecule has 3 fully saturated rings. The Hall–Kier alpha value is -1.63. The Morgan fingerprint density at radius 2 is 2.12 bits per heavy atom. The van der Waals surface area contributed by atoms with Gasteiger partial charge < -0.3 is 19.2 Å². The number of likely N-dealkylation sites (N-methyl/N-ethyl adjacent to an activating group) is 1. The SMILES string of the molecule is CN(C)CCN1CC2(CCCN(c3noc(C4CC4)n3)C2)CCC1=O. The molecule has 0 aromatic carbocycles. The van der Waals surface area contributed by atoms with Crippen LogP contribution >= 0.6 is 0 Å². The summed E-state index contributed by atoms with van der Waals surface area (Å²) in [6.07, 6.45) is 6.31. The van der Waals surface area contributed by atoms with E-state index in [1.165, 1.54) is 19.3 Å². The lowest BCUT2D eigenvalue weighted by atomic mass is 9.73. The third kappa shape index (κ3) is 3.66. The maximum Gasteiger partial charge on any atom is 0.266 e. The van der Waals surface area contributed by atoms with Crippen molar-refractivity contribution >= 4 is 11.9 Å². The highest BCUT2D eigenvalue weighted by atomic mass is 16.5. The van der Waals surface area contributed by atoms with Crippen LogP contribution < -0.4 is 4.90 Å². The molecule has 0 radical (unpaired) electrons. The molecule has 2 aliphatic heterocycles. The molecule has 3 aliphatic rings. The van der Waals surface area contributed by atoms with Crippen molar-refractivity contribution in [2.45, 2.75) is 44.4 Å². The summed E-state index contributed by atoms with van der Waals surface area (Å²) in [4.78, 5) is 23.4. The first-order valence-corrected chi connectivity index (χ1v) is 9.56. The summed E-state index contributed by atoms with van der Waals surface area (Å²) in [6.45, 7) is 4.52. The summed E-state index contributed by atoms with van der Waals surface area (Å²) < 4.78 is 5.45. The van der Waals surface area contributed by atoms with Crippen molar-refractivity contribution in [2.75, 3.05) is 51.7 Å². The van der Waals surface area contributed by atoms with Gasteiger partial charge in [0.1, 0.15) is 0 Å². The number of amides is 1. The van der Waals surface area contributed by atoms with Crippen LogP contribution in [0.4, 0.5) is 5.95 Å². The lowest BCUT2D eigenvalue weighted by Crippen LogP contribution is -2.55. The monoisotopic (exact) mass is 347 g/mol. The van der Waals surface area contributed by atoms with Gasteiger partial charge in [0.15, 0.2) is 0 Å². The second-order valence-corrected chi connectivity index (χ2v) is 8.35. The molecular formula is C18H29N5O2. The first-order valence-electron chi connectivity index (χ1n) is 9.56. The van der Waals surface area contributed by atoms with Crippen LogP contribution in [0.1, 0.15) is 50.3 Å². The Morgan fingerprint density at radius 1 is 1.28 bits per heavy atom. The molecule has 1 amide bonds. The molecule has 3 heterocycles. The molecule has 1 unspecified atom stereocenters. The van der Waals surface area contributed by atoms with Crippen LogP contribution in [-0.4, -0.2) is 72.7 Å². The zero-order valence-electron chi connectivity index (χ0n) is 15.4. The van der Waals surface area contributed by atoms with Gasteiger partial charge in [0.25, 0.3) is 5.95 Å². The van der Waals surface area contributed by atoms with E-state index in [0.717, 1.165) is 57.4 Å². The van der Waals surface area contributed by atoms with Gasteiger partial charge in [0.2, 0.25) is 11.8 Å². The Morgan fingerprint density at radius 3 is 2.88 bits per heavy atom. The van der Waals surface area contributed by atoms with E-state index in [4.69, 9.17) is 4.52 Å². The van der Waals surface area contributed by atoms with Gasteiger partial charge in [-0.05, 0) is 51.4 Å². The van der Waals surface area contributed by atoms with E-state index in [1.54, 1.807) is 0 Å². The summed E-state index contributed by atoms with van der Waals surface area (Å²) in [5.74, 6) is 2.35. The van der Waals surface area contributed by atoms with E-state index in [1.807, 2.05) is 0 Å². The van der Waals surface area contributed by atoms with Crippen LogP contribution in [0.2, 0.25) is 0 Å². The number of likely N-dealkylation sites (tertiary alicyclic amines) is 1. The largest absolute Gasteiger partial charge is 0.341 e. The number of rotatable bonds is 5. The average Bonchev–Trinajstić information content (AvgIpc) is 3.33. The third-order valence-corrected chi connectivity index (χ3v) is 5.87. The van der Waals surface area contributed by atoms with E-state index >= 15 is 0 Å². The van der Waals surface area contributed by atoms with Gasteiger partial charge >= 0.3 is 0 Å². The number of nitrogens with zero attached hydrogens (tertiary/aromatic N) is 5.